The van der Waals surface area contributed by atoms with E-state index >= 15 is 0 Å². The zero-order valence-corrected chi connectivity index (χ0v) is 9.53. The Morgan fingerprint density at radius 3 is 2.56 bits per heavy atom. The van der Waals surface area contributed by atoms with E-state index < -0.39 is 11.5 Å². The standard InChI is InChI=1S/C12H17NO3/c1-12(11(15)16)6-3-7-13(12)10(14)8-9-4-2-5-9/h8H,2-7H2,1H3,(H,15,16). The molecule has 0 bridgehead atoms. The van der Waals surface area contributed by atoms with Crippen LogP contribution in [0.25, 0.3) is 0 Å². The highest BCUT2D eigenvalue weighted by Gasteiger charge is 2.45. The van der Waals surface area contributed by atoms with Crippen molar-refractivity contribution in [2.75, 3.05) is 6.54 Å². The van der Waals surface area contributed by atoms with E-state index in [-0.39, 0.29) is 5.91 Å². The van der Waals surface area contributed by atoms with Gasteiger partial charge < -0.3 is 10.0 Å². The van der Waals surface area contributed by atoms with Gasteiger partial charge in [0.05, 0.1) is 0 Å². The van der Waals surface area contributed by atoms with Crippen molar-refractivity contribution in [1.82, 2.24) is 4.90 Å². The minimum Gasteiger partial charge on any atom is -0.480 e. The number of likely N-dealkylation sites (tertiary alicyclic amines) is 1. The average molecular weight is 223 g/mol. The number of carbonyl (C=O) groups is 2. The van der Waals surface area contributed by atoms with E-state index in [0.29, 0.717) is 13.0 Å². The number of hydrogen-bond acceptors (Lipinski definition) is 2. The van der Waals surface area contributed by atoms with Crippen molar-refractivity contribution in [3.8, 4) is 0 Å². The first-order valence-electron chi connectivity index (χ1n) is 5.78. The summed E-state index contributed by atoms with van der Waals surface area (Å²) >= 11 is 0. The van der Waals surface area contributed by atoms with Crippen LogP contribution >= 0.6 is 0 Å². The highest BCUT2D eigenvalue weighted by atomic mass is 16.4. The molecule has 1 heterocycles. The number of nitrogens with zero attached hydrogens (tertiary/aromatic N) is 1. The number of allylic oxidation sites excluding steroid dienone is 1. The number of carbonyl (C=O) groups excluding carboxylic acids is 1. The summed E-state index contributed by atoms with van der Waals surface area (Å²) in [7, 11) is 0. The minimum atomic E-state index is -1.00. The molecule has 1 aliphatic heterocycles. The molecule has 0 aromatic heterocycles. The summed E-state index contributed by atoms with van der Waals surface area (Å²) in [6.45, 7) is 2.20. The van der Waals surface area contributed by atoms with Gasteiger partial charge in [0.2, 0.25) is 5.91 Å². The Morgan fingerprint density at radius 2 is 2.06 bits per heavy atom. The third-order valence-corrected chi connectivity index (χ3v) is 3.69. The van der Waals surface area contributed by atoms with Crippen LogP contribution in [0.2, 0.25) is 0 Å². The second-order valence-corrected chi connectivity index (χ2v) is 4.83. The Kier molecular flexibility index (Phi) is 2.74. The summed E-state index contributed by atoms with van der Waals surface area (Å²) in [5.74, 6) is -1.03. The lowest BCUT2D eigenvalue weighted by atomic mass is 9.91. The fourth-order valence-electron chi connectivity index (χ4n) is 2.32. The first-order valence-corrected chi connectivity index (χ1v) is 5.78. The quantitative estimate of drug-likeness (QED) is 0.723. The number of rotatable bonds is 2. The van der Waals surface area contributed by atoms with Crippen LogP contribution in [0.4, 0.5) is 0 Å². The van der Waals surface area contributed by atoms with E-state index in [9.17, 15) is 14.7 Å². The summed E-state index contributed by atoms with van der Waals surface area (Å²) < 4.78 is 0. The van der Waals surface area contributed by atoms with Gasteiger partial charge in [-0.25, -0.2) is 4.79 Å². The third kappa shape index (κ3) is 1.72. The Balaban J connectivity index is 2.13. The molecular weight excluding hydrogens is 206 g/mol. The fraction of sp³-hybridized carbons (Fsp3) is 0.667. The van der Waals surface area contributed by atoms with Gasteiger partial charge in [0.15, 0.2) is 0 Å². The summed E-state index contributed by atoms with van der Waals surface area (Å²) in [5, 5.41) is 9.18. The molecule has 0 aromatic carbocycles. The van der Waals surface area contributed by atoms with Gasteiger partial charge in [-0.05, 0) is 39.0 Å². The van der Waals surface area contributed by atoms with Crippen LogP contribution < -0.4 is 0 Å². The maximum atomic E-state index is 12.0. The van der Waals surface area contributed by atoms with Crippen molar-refractivity contribution in [2.45, 2.75) is 44.6 Å². The van der Waals surface area contributed by atoms with Crippen LogP contribution in [-0.4, -0.2) is 34.0 Å². The van der Waals surface area contributed by atoms with Crippen LogP contribution in [0.3, 0.4) is 0 Å². The number of carboxylic acid groups (broad SMARTS) is 1. The van der Waals surface area contributed by atoms with Gasteiger partial charge in [0, 0.05) is 12.6 Å². The van der Waals surface area contributed by atoms with Crippen LogP contribution in [0.5, 0.6) is 0 Å². The summed E-state index contributed by atoms with van der Waals surface area (Å²) in [5.41, 5.74) is 0.155. The van der Waals surface area contributed by atoms with E-state index in [0.717, 1.165) is 31.3 Å². The van der Waals surface area contributed by atoms with Crippen molar-refractivity contribution in [2.24, 2.45) is 0 Å². The monoisotopic (exact) mass is 223 g/mol. The molecule has 88 valence electrons. The third-order valence-electron chi connectivity index (χ3n) is 3.69. The number of hydrogen-bond donors (Lipinski definition) is 1. The summed E-state index contributed by atoms with van der Waals surface area (Å²) in [6, 6.07) is 0. The van der Waals surface area contributed by atoms with E-state index in [1.807, 2.05) is 0 Å². The van der Waals surface area contributed by atoms with E-state index in [4.69, 9.17) is 0 Å². The lowest BCUT2D eigenvalue weighted by Crippen LogP contribution is -2.50. The van der Waals surface area contributed by atoms with Crippen LogP contribution in [0, 0.1) is 0 Å². The second-order valence-electron chi connectivity index (χ2n) is 4.83. The van der Waals surface area contributed by atoms with Gasteiger partial charge in [-0.3, -0.25) is 4.79 Å². The molecule has 1 aliphatic carbocycles. The van der Waals surface area contributed by atoms with Gasteiger partial charge in [-0.1, -0.05) is 5.57 Å². The Labute approximate surface area is 94.9 Å². The molecule has 0 aromatic rings. The molecular formula is C12H17NO3. The highest BCUT2D eigenvalue weighted by Crippen LogP contribution is 2.31. The zero-order valence-electron chi connectivity index (χ0n) is 9.53. The van der Waals surface area contributed by atoms with Crippen molar-refractivity contribution < 1.29 is 14.7 Å². The number of amides is 1. The highest BCUT2D eigenvalue weighted by molar-refractivity contribution is 5.94. The van der Waals surface area contributed by atoms with Crippen LogP contribution in [0.15, 0.2) is 11.6 Å². The fourth-order valence-corrected chi connectivity index (χ4v) is 2.32. The Hall–Kier alpha value is -1.32. The van der Waals surface area contributed by atoms with E-state index in [1.54, 1.807) is 13.0 Å². The maximum absolute atomic E-state index is 12.0. The van der Waals surface area contributed by atoms with E-state index in [1.165, 1.54) is 4.90 Å². The summed E-state index contributed by atoms with van der Waals surface area (Å²) in [6.07, 6.45) is 6.09. The van der Waals surface area contributed by atoms with Gasteiger partial charge >= 0.3 is 5.97 Å². The molecule has 1 saturated heterocycles. The predicted molar refractivity (Wildman–Crippen MR) is 58.9 cm³/mol. The van der Waals surface area contributed by atoms with Crippen LogP contribution in [-0.2, 0) is 9.59 Å². The minimum absolute atomic E-state index is 0.128. The van der Waals surface area contributed by atoms with Crippen molar-refractivity contribution in [3.05, 3.63) is 11.6 Å². The van der Waals surface area contributed by atoms with Crippen molar-refractivity contribution >= 4 is 11.9 Å². The SMILES string of the molecule is CC1(C(=O)O)CCCN1C(=O)C=C1CCC1. The number of aliphatic carboxylic acids is 1. The molecule has 16 heavy (non-hydrogen) atoms. The first-order chi connectivity index (χ1) is 7.54. The normalized spacial score (nSPS) is 28.8. The molecule has 1 saturated carbocycles. The topological polar surface area (TPSA) is 57.6 Å². The molecule has 1 N–H and O–H groups in total. The molecule has 2 aliphatic rings. The Morgan fingerprint density at radius 1 is 1.38 bits per heavy atom. The largest absolute Gasteiger partial charge is 0.480 e. The zero-order chi connectivity index (χ0) is 11.8. The smallest absolute Gasteiger partial charge is 0.329 e. The molecule has 4 heteroatoms. The molecule has 1 unspecified atom stereocenters. The average Bonchev–Trinajstić information content (AvgIpc) is 2.55. The second kappa shape index (κ2) is 3.92. The molecule has 2 rings (SSSR count). The predicted octanol–water partition coefficient (Wildman–Crippen LogP) is 1.56. The summed E-state index contributed by atoms with van der Waals surface area (Å²) in [4.78, 5) is 24.6. The molecule has 1 atom stereocenters. The van der Waals surface area contributed by atoms with Crippen molar-refractivity contribution in [3.63, 3.8) is 0 Å². The van der Waals surface area contributed by atoms with Gasteiger partial charge in [0.25, 0.3) is 0 Å². The molecule has 2 fully saturated rings. The lowest BCUT2D eigenvalue weighted by molar-refractivity contribution is -0.153. The molecule has 0 radical (unpaired) electrons. The molecule has 1 amide bonds. The number of carboxylic acids is 1. The van der Waals surface area contributed by atoms with Crippen LogP contribution in [0.1, 0.15) is 39.0 Å². The molecule has 0 spiro atoms. The van der Waals surface area contributed by atoms with Crippen molar-refractivity contribution in [1.29, 1.82) is 0 Å². The Bertz CT molecular complexity index is 355. The maximum Gasteiger partial charge on any atom is 0.329 e. The first kappa shape index (κ1) is 11.2. The van der Waals surface area contributed by atoms with Gasteiger partial charge in [-0.2, -0.15) is 0 Å². The van der Waals surface area contributed by atoms with E-state index in [2.05, 4.69) is 0 Å². The lowest BCUT2D eigenvalue weighted by Gasteiger charge is -2.31. The van der Waals surface area contributed by atoms with Gasteiger partial charge in [-0.15, -0.1) is 0 Å². The van der Waals surface area contributed by atoms with Gasteiger partial charge in [0.1, 0.15) is 5.54 Å². The molecule has 4 nitrogen and oxygen atoms in total.